The summed E-state index contributed by atoms with van der Waals surface area (Å²) in [7, 11) is -2.49. The SMILES string of the molecule is CN(c1ccccc1)S(=O)(=O)c1ccc(C(=O)OCC(=O)NCC(F)(F)F)cc1. The summed E-state index contributed by atoms with van der Waals surface area (Å²) in [5.41, 5.74) is 0.385. The minimum atomic E-state index is -4.58. The number of anilines is 1. The van der Waals surface area contributed by atoms with E-state index >= 15 is 0 Å². The molecule has 0 aliphatic carbocycles. The summed E-state index contributed by atoms with van der Waals surface area (Å²) < 4.78 is 67.0. The molecule has 2 aromatic carbocycles. The lowest BCUT2D eigenvalue weighted by Crippen LogP contribution is -2.36. The van der Waals surface area contributed by atoms with Crippen LogP contribution in [-0.4, -0.2) is 46.7 Å². The number of nitrogens with zero attached hydrogens (tertiary/aromatic N) is 1. The number of halogens is 3. The number of hydrogen-bond acceptors (Lipinski definition) is 5. The van der Waals surface area contributed by atoms with Crippen molar-refractivity contribution in [3.05, 3.63) is 60.2 Å². The van der Waals surface area contributed by atoms with Crippen LogP contribution in [0, 0.1) is 0 Å². The zero-order chi connectivity index (χ0) is 21.7. The van der Waals surface area contributed by atoms with Gasteiger partial charge in [0.2, 0.25) is 0 Å². The fourth-order valence-corrected chi connectivity index (χ4v) is 3.36. The zero-order valence-electron chi connectivity index (χ0n) is 15.1. The van der Waals surface area contributed by atoms with Gasteiger partial charge in [-0.3, -0.25) is 9.10 Å². The number of para-hydroxylation sites is 1. The van der Waals surface area contributed by atoms with E-state index in [1.807, 2.05) is 0 Å². The molecular formula is C18H17F3N2O5S. The first-order chi connectivity index (χ1) is 13.5. The number of rotatable bonds is 7. The maximum absolute atomic E-state index is 12.6. The number of benzene rings is 2. The molecule has 0 aliphatic rings. The number of amides is 1. The van der Waals surface area contributed by atoms with Crippen molar-refractivity contribution in [1.29, 1.82) is 0 Å². The second-order valence-corrected chi connectivity index (χ2v) is 7.77. The van der Waals surface area contributed by atoms with E-state index < -0.39 is 41.2 Å². The molecule has 0 unspecified atom stereocenters. The Bertz CT molecular complexity index is 961. The number of carbonyl (C=O) groups is 2. The monoisotopic (exact) mass is 430 g/mol. The lowest BCUT2D eigenvalue weighted by Gasteiger charge is -2.19. The van der Waals surface area contributed by atoms with Crippen molar-refractivity contribution in [2.45, 2.75) is 11.1 Å². The lowest BCUT2D eigenvalue weighted by atomic mass is 10.2. The first-order valence-electron chi connectivity index (χ1n) is 8.15. The molecule has 0 aliphatic heterocycles. The largest absolute Gasteiger partial charge is 0.452 e. The van der Waals surface area contributed by atoms with Gasteiger partial charge in [0.25, 0.3) is 15.9 Å². The number of carbonyl (C=O) groups excluding carboxylic acids is 2. The molecule has 2 aromatic rings. The summed E-state index contributed by atoms with van der Waals surface area (Å²) in [6.45, 7) is -2.43. The van der Waals surface area contributed by atoms with Crippen LogP contribution in [0.3, 0.4) is 0 Å². The molecule has 0 atom stereocenters. The van der Waals surface area contributed by atoms with Gasteiger partial charge >= 0.3 is 12.1 Å². The molecule has 0 heterocycles. The maximum atomic E-state index is 12.6. The third kappa shape index (κ3) is 6.21. The Kier molecular flexibility index (Phi) is 6.85. The Morgan fingerprint density at radius 1 is 1.03 bits per heavy atom. The summed E-state index contributed by atoms with van der Waals surface area (Å²) in [6, 6.07) is 13.1. The van der Waals surface area contributed by atoms with E-state index in [1.54, 1.807) is 35.6 Å². The van der Waals surface area contributed by atoms with E-state index in [0.29, 0.717) is 5.69 Å². The van der Waals surface area contributed by atoms with Crippen molar-refractivity contribution in [1.82, 2.24) is 5.32 Å². The molecule has 1 N–H and O–H groups in total. The highest BCUT2D eigenvalue weighted by Crippen LogP contribution is 2.22. The van der Waals surface area contributed by atoms with Crippen LogP contribution in [0.2, 0.25) is 0 Å². The molecule has 0 bridgehead atoms. The highest BCUT2D eigenvalue weighted by atomic mass is 32.2. The van der Waals surface area contributed by atoms with E-state index in [-0.39, 0.29) is 10.5 Å². The summed E-state index contributed by atoms with van der Waals surface area (Å²) in [5.74, 6) is -2.09. The third-order valence-corrected chi connectivity index (χ3v) is 5.49. The van der Waals surface area contributed by atoms with Crippen LogP contribution in [0.1, 0.15) is 10.4 Å². The third-order valence-electron chi connectivity index (χ3n) is 3.69. The van der Waals surface area contributed by atoms with E-state index in [9.17, 15) is 31.2 Å². The van der Waals surface area contributed by atoms with Crippen LogP contribution < -0.4 is 9.62 Å². The highest BCUT2D eigenvalue weighted by Gasteiger charge is 2.28. The van der Waals surface area contributed by atoms with Gasteiger partial charge in [0.1, 0.15) is 6.54 Å². The Labute approximate surface area is 165 Å². The summed E-state index contributed by atoms with van der Waals surface area (Å²) in [4.78, 5) is 23.0. The van der Waals surface area contributed by atoms with Crippen LogP contribution in [0.5, 0.6) is 0 Å². The molecule has 0 fully saturated rings. The summed E-state index contributed by atoms with van der Waals surface area (Å²) in [5, 5.41) is 1.56. The lowest BCUT2D eigenvalue weighted by molar-refractivity contribution is -0.140. The van der Waals surface area contributed by atoms with Crippen LogP contribution in [0.15, 0.2) is 59.5 Å². The van der Waals surface area contributed by atoms with Crippen LogP contribution in [-0.2, 0) is 19.6 Å². The average Bonchev–Trinajstić information content (AvgIpc) is 2.70. The number of esters is 1. The molecule has 2 rings (SSSR count). The smallest absolute Gasteiger partial charge is 0.405 e. The molecule has 29 heavy (non-hydrogen) atoms. The Hall–Kier alpha value is -3.08. The fourth-order valence-electron chi connectivity index (χ4n) is 2.16. The van der Waals surface area contributed by atoms with Gasteiger partial charge in [-0.25, -0.2) is 13.2 Å². The number of alkyl halides is 3. The van der Waals surface area contributed by atoms with Crippen LogP contribution in [0.25, 0.3) is 0 Å². The predicted octanol–water partition coefficient (Wildman–Crippen LogP) is 2.35. The first kappa shape index (κ1) is 22.2. The number of sulfonamides is 1. The van der Waals surface area contributed by atoms with Gasteiger partial charge in [0.05, 0.1) is 16.1 Å². The number of nitrogens with one attached hydrogen (secondary N) is 1. The van der Waals surface area contributed by atoms with Gasteiger partial charge in [0.15, 0.2) is 6.61 Å². The van der Waals surface area contributed by atoms with Crippen LogP contribution in [0.4, 0.5) is 18.9 Å². The Morgan fingerprint density at radius 3 is 2.17 bits per heavy atom. The fraction of sp³-hybridized carbons (Fsp3) is 0.222. The maximum Gasteiger partial charge on any atom is 0.405 e. The molecule has 11 heteroatoms. The van der Waals surface area contributed by atoms with Crippen molar-refractivity contribution < 1.29 is 35.9 Å². The molecule has 0 aromatic heterocycles. The van der Waals surface area contributed by atoms with Crippen molar-refractivity contribution in [3.63, 3.8) is 0 Å². The average molecular weight is 430 g/mol. The molecule has 156 valence electrons. The minimum absolute atomic E-state index is 0.0602. The molecule has 1 amide bonds. The quantitative estimate of drug-likeness (QED) is 0.681. The first-order valence-corrected chi connectivity index (χ1v) is 9.59. The topological polar surface area (TPSA) is 92.8 Å². The van der Waals surface area contributed by atoms with E-state index in [0.717, 1.165) is 4.31 Å². The van der Waals surface area contributed by atoms with Gasteiger partial charge in [-0.1, -0.05) is 18.2 Å². The van der Waals surface area contributed by atoms with Gasteiger partial charge in [0, 0.05) is 7.05 Å². The second-order valence-electron chi connectivity index (χ2n) is 5.80. The van der Waals surface area contributed by atoms with Gasteiger partial charge in [-0.2, -0.15) is 13.2 Å². The molecule has 0 saturated carbocycles. The van der Waals surface area contributed by atoms with Crippen molar-refractivity contribution in [2.75, 3.05) is 24.5 Å². The predicted molar refractivity (Wildman–Crippen MR) is 97.8 cm³/mol. The number of ether oxygens (including phenoxy) is 1. The van der Waals surface area contributed by atoms with Gasteiger partial charge in [-0.05, 0) is 36.4 Å². The van der Waals surface area contributed by atoms with E-state index in [2.05, 4.69) is 4.74 Å². The van der Waals surface area contributed by atoms with Crippen LogP contribution >= 0.6 is 0 Å². The highest BCUT2D eigenvalue weighted by molar-refractivity contribution is 7.92. The Morgan fingerprint density at radius 2 is 1.62 bits per heavy atom. The summed E-state index contributed by atoms with van der Waals surface area (Å²) in [6.07, 6.45) is -4.58. The second kappa shape index (κ2) is 8.95. The molecule has 0 radical (unpaired) electrons. The van der Waals surface area contributed by atoms with Crippen molar-refractivity contribution in [3.8, 4) is 0 Å². The Balaban J connectivity index is 2.00. The molecule has 0 spiro atoms. The van der Waals surface area contributed by atoms with E-state index in [4.69, 9.17) is 0 Å². The molecular weight excluding hydrogens is 413 g/mol. The van der Waals surface area contributed by atoms with E-state index in [1.165, 1.54) is 31.3 Å². The van der Waals surface area contributed by atoms with Crippen molar-refractivity contribution >= 4 is 27.6 Å². The van der Waals surface area contributed by atoms with Gasteiger partial charge < -0.3 is 10.1 Å². The molecule has 7 nitrogen and oxygen atoms in total. The van der Waals surface area contributed by atoms with Gasteiger partial charge in [-0.15, -0.1) is 0 Å². The standard InChI is InChI=1S/C18H17F3N2O5S/c1-23(14-5-3-2-4-6-14)29(26,27)15-9-7-13(8-10-15)17(25)28-11-16(24)22-12-18(19,20)21/h2-10H,11-12H2,1H3,(H,22,24). The normalized spacial score (nSPS) is 11.6. The zero-order valence-corrected chi connectivity index (χ0v) is 16.0. The van der Waals surface area contributed by atoms with Crippen molar-refractivity contribution in [2.24, 2.45) is 0 Å². The minimum Gasteiger partial charge on any atom is -0.452 e. The number of hydrogen-bond donors (Lipinski definition) is 1. The molecule has 0 saturated heterocycles. The summed E-state index contributed by atoms with van der Waals surface area (Å²) >= 11 is 0.